The Bertz CT molecular complexity index is 1350. The van der Waals surface area contributed by atoms with Crippen molar-refractivity contribution in [2.45, 2.75) is 6.92 Å². The van der Waals surface area contributed by atoms with E-state index < -0.39 is 22.8 Å². The molecular formula is C26H21N3O7. The molecule has 1 aliphatic heterocycles. The first-order valence-electron chi connectivity index (χ1n) is 10.9. The molecule has 1 aliphatic rings. The second-order valence-corrected chi connectivity index (χ2v) is 7.81. The van der Waals surface area contributed by atoms with Gasteiger partial charge in [-0.3, -0.25) is 25.0 Å². The first-order chi connectivity index (χ1) is 17.3. The van der Waals surface area contributed by atoms with Crippen molar-refractivity contribution in [2.75, 3.05) is 18.1 Å². The van der Waals surface area contributed by atoms with E-state index in [-0.39, 0.29) is 24.5 Å². The number of nitro benzene ring substituents is 1. The lowest BCUT2D eigenvalue weighted by molar-refractivity contribution is -0.384. The number of imide groups is 2. The van der Waals surface area contributed by atoms with Crippen LogP contribution in [0.15, 0.2) is 78.4 Å². The van der Waals surface area contributed by atoms with Gasteiger partial charge in [0.05, 0.1) is 10.6 Å². The number of rotatable bonds is 8. The van der Waals surface area contributed by atoms with Crippen LogP contribution in [-0.4, -0.2) is 36.0 Å². The van der Waals surface area contributed by atoms with Crippen LogP contribution in [0, 0.1) is 17.0 Å². The van der Waals surface area contributed by atoms with Gasteiger partial charge in [0, 0.05) is 12.1 Å². The van der Waals surface area contributed by atoms with E-state index in [4.69, 9.17) is 9.47 Å². The fourth-order valence-corrected chi connectivity index (χ4v) is 3.47. The number of amides is 4. The monoisotopic (exact) mass is 487 g/mol. The number of nitro groups is 1. The molecule has 10 nitrogen and oxygen atoms in total. The summed E-state index contributed by atoms with van der Waals surface area (Å²) in [5.41, 5.74) is 1.62. The molecule has 182 valence electrons. The summed E-state index contributed by atoms with van der Waals surface area (Å²) in [6.07, 6.45) is 1.41. The molecule has 0 radical (unpaired) electrons. The summed E-state index contributed by atoms with van der Waals surface area (Å²) >= 11 is 0. The Balaban J connectivity index is 1.37. The molecule has 0 bridgehead atoms. The number of nitrogens with one attached hydrogen (secondary N) is 1. The summed E-state index contributed by atoms with van der Waals surface area (Å²) in [6.45, 7) is 2.29. The van der Waals surface area contributed by atoms with Gasteiger partial charge in [0.2, 0.25) is 0 Å². The highest BCUT2D eigenvalue weighted by molar-refractivity contribution is 6.39. The Kier molecular flexibility index (Phi) is 7.05. The number of barbiturate groups is 1. The van der Waals surface area contributed by atoms with Gasteiger partial charge in [0.15, 0.2) is 0 Å². The molecule has 4 rings (SSSR count). The van der Waals surface area contributed by atoms with Crippen LogP contribution in [0.5, 0.6) is 11.5 Å². The van der Waals surface area contributed by atoms with Crippen LogP contribution in [0.2, 0.25) is 0 Å². The van der Waals surface area contributed by atoms with E-state index in [0.29, 0.717) is 22.7 Å². The van der Waals surface area contributed by atoms with E-state index in [9.17, 15) is 24.5 Å². The summed E-state index contributed by atoms with van der Waals surface area (Å²) in [5.74, 6) is -0.448. The molecule has 1 fully saturated rings. The average molecular weight is 487 g/mol. The van der Waals surface area contributed by atoms with Gasteiger partial charge in [-0.15, -0.1) is 0 Å². The van der Waals surface area contributed by atoms with Gasteiger partial charge in [0.1, 0.15) is 30.3 Å². The van der Waals surface area contributed by atoms with E-state index in [0.717, 1.165) is 10.5 Å². The van der Waals surface area contributed by atoms with Crippen LogP contribution in [0.1, 0.15) is 11.1 Å². The van der Waals surface area contributed by atoms with Gasteiger partial charge in [0.25, 0.3) is 17.5 Å². The van der Waals surface area contributed by atoms with Crippen LogP contribution < -0.4 is 19.7 Å². The minimum atomic E-state index is -0.799. The van der Waals surface area contributed by atoms with Crippen molar-refractivity contribution in [2.24, 2.45) is 0 Å². The maximum atomic E-state index is 13.0. The highest BCUT2D eigenvalue weighted by Gasteiger charge is 2.36. The van der Waals surface area contributed by atoms with E-state index in [1.807, 2.05) is 13.0 Å². The minimum absolute atomic E-state index is 0.0180. The fraction of sp³-hybridized carbons (Fsp3) is 0.115. The molecule has 0 aliphatic carbocycles. The predicted molar refractivity (Wildman–Crippen MR) is 131 cm³/mol. The molecular weight excluding hydrogens is 466 g/mol. The highest BCUT2D eigenvalue weighted by atomic mass is 16.6. The van der Waals surface area contributed by atoms with Crippen molar-refractivity contribution in [3.05, 3.63) is 99.6 Å². The van der Waals surface area contributed by atoms with Crippen molar-refractivity contribution in [3.63, 3.8) is 0 Å². The molecule has 10 heteroatoms. The maximum Gasteiger partial charge on any atom is 0.335 e. The van der Waals surface area contributed by atoms with Crippen molar-refractivity contribution in [1.82, 2.24) is 5.32 Å². The molecule has 3 aromatic carbocycles. The molecule has 1 heterocycles. The van der Waals surface area contributed by atoms with Gasteiger partial charge < -0.3 is 9.47 Å². The molecule has 36 heavy (non-hydrogen) atoms. The molecule has 0 aromatic heterocycles. The third kappa shape index (κ3) is 5.55. The van der Waals surface area contributed by atoms with Crippen LogP contribution in [0.3, 0.4) is 0 Å². The SMILES string of the molecule is Cc1cccc(N2C(=O)NC(=O)/C(=C/c3ccc(OCCOc4ccc([N+](=O)[O-])cc4)cc3)C2=O)c1. The summed E-state index contributed by atoms with van der Waals surface area (Å²) in [6, 6.07) is 18.5. The quantitative estimate of drug-likeness (QED) is 0.167. The number of nitrogens with zero attached hydrogens (tertiary/aromatic N) is 2. The Labute approximate surface area is 205 Å². The normalized spacial score (nSPS) is 14.5. The molecule has 0 spiro atoms. The topological polar surface area (TPSA) is 128 Å². The number of non-ortho nitro benzene ring substituents is 1. The van der Waals surface area contributed by atoms with Crippen molar-refractivity contribution in [3.8, 4) is 11.5 Å². The minimum Gasteiger partial charge on any atom is -0.490 e. The first kappa shape index (κ1) is 24.1. The fourth-order valence-electron chi connectivity index (χ4n) is 3.47. The summed E-state index contributed by atoms with van der Waals surface area (Å²) in [4.78, 5) is 48.8. The zero-order valence-electron chi connectivity index (χ0n) is 19.2. The predicted octanol–water partition coefficient (Wildman–Crippen LogP) is 4.03. The molecule has 1 N–H and O–H groups in total. The van der Waals surface area contributed by atoms with Crippen LogP contribution in [-0.2, 0) is 9.59 Å². The molecule has 4 amide bonds. The molecule has 1 saturated heterocycles. The first-order valence-corrected chi connectivity index (χ1v) is 10.9. The Morgan fingerprint density at radius 1 is 0.917 bits per heavy atom. The summed E-state index contributed by atoms with van der Waals surface area (Å²) in [7, 11) is 0. The smallest absolute Gasteiger partial charge is 0.335 e. The zero-order valence-corrected chi connectivity index (χ0v) is 19.2. The van der Waals surface area contributed by atoms with Crippen LogP contribution in [0.4, 0.5) is 16.2 Å². The summed E-state index contributed by atoms with van der Waals surface area (Å²) in [5, 5.41) is 12.9. The van der Waals surface area contributed by atoms with E-state index in [1.165, 1.54) is 30.3 Å². The van der Waals surface area contributed by atoms with E-state index in [2.05, 4.69) is 5.32 Å². The number of carbonyl (C=O) groups excluding carboxylic acids is 3. The Morgan fingerprint density at radius 3 is 2.11 bits per heavy atom. The van der Waals surface area contributed by atoms with Gasteiger partial charge >= 0.3 is 6.03 Å². The lowest BCUT2D eigenvalue weighted by atomic mass is 10.1. The number of ether oxygens (including phenoxy) is 2. The lowest BCUT2D eigenvalue weighted by Crippen LogP contribution is -2.54. The van der Waals surface area contributed by atoms with Crippen molar-refractivity contribution < 1.29 is 28.8 Å². The Morgan fingerprint density at radius 2 is 1.53 bits per heavy atom. The summed E-state index contributed by atoms with van der Waals surface area (Å²) < 4.78 is 11.1. The number of aryl methyl sites for hydroxylation is 1. The van der Waals surface area contributed by atoms with Crippen LogP contribution >= 0.6 is 0 Å². The number of carbonyl (C=O) groups is 3. The highest BCUT2D eigenvalue weighted by Crippen LogP contribution is 2.23. The molecule has 0 saturated carbocycles. The molecule has 3 aromatic rings. The van der Waals surface area contributed by atoms with Gasteiger partial charge in [-0.05, 0) is 60.5 Å². The second kappa shape index (κ2) is 10.5. The largest absolute Gasteiger partial charge is 0.490 e. The zero-order chi connectivity index (χ0) is 25.7. The lowest BCUT2D eigenvalue weighted by Gasteiger charge is -2.26. The standard InChI is InChI=1S/C26H21N3O7/c1-17-3-2-4-20(15-17)28-25(31)23(24(30)27-26(28)32)16-18-5-9-21(10-6-18)35-13-14-36-22-11-7-19(8-12-22)29(33)34/h2-12,15-16H,13-14H2,1H3,(H,27,30,32)/b23-16-. The van der Waals surface area contributed by atoms with Gasteiger partial charge in [-0.1, -0.05) is 24.3 Å². The molecule has 0 unspecified atom stereocenters. The van der Waals surface area contributed by atoms with Gasteiger partial charge in [-0.25, -0.2) is 9.69 Å². The van der Waals surface area contributed by atoms with Gasteiger partial charge in [-0.2, -0.15) is 0 Å². The van der Waals surface area contributed by atoms with E-state index >= 15 is 0 Å². The maximum absolute atomic E-state index is 13.0. The second-order valence-electron chi connectivity index (χ2n) is 7.81. The number of anilines is 1. The average Bonchev–Trinajstić information content (AvgIpc) is 2.85. The van der Waals surface area contributed by atoms with Crippen molar-refractivity contribution in [1.29, 1.82) is 0 Å². The van der Waals surface area contributed by atoms with Crippen LogP contribution in [0.25, 0.3) is 6.08 Å². The third-order valence-corrected chi connectivity index (χ3v) is 5.22. The number of benzene rings is 3. The Hall–Kier alpha value is -4.99. The number of hydrogen-bond donors (Lipinski definition) is 1. The number of hydrogen-bond acceptors (Lipinski definition) is 7. The van der Waals surface area contributed by atoms with Crippen molar-refractivity contribution >= 4 is 35.3 Å². The van der Waals surface area contributed by atoms with E-state index in [1.54, 1.807) is 42.5 Å². The number of urea groups is 1. The molecule has 0 atom stereocenters. The third-order valence-electron chi connectivity index (χ3n) is 5.22.